The van der Waals surface area contributed by atoms with Crippen LogP contribution >= 0.6 is 0 Å². The van der Waals surface area contributed by atoms with Crippen LogP contribution in [-0.2, 0) is 9.53 Å². The first-order chi connectivity index (χ1) is 7.85. The Morgan fingerprint density at radius 2 is 2.12 bits per heavy atom. The second-order valence-corrected chi connectivity index (χ2v) is 5.29. The summed E-state index contributed by atoms with van der Waals surface area (Å²) in [5.41, 5.74) is -0.522. The van der Waals surface area contributed by atoms with E-state index in [1.807, 2.05) is 20.8 Å². The van der Waals surface area contributed by atoms with Crippen molar-refractivity contribution in [2.45, 2.75) is 51.7 Å². The van der Waals surface area contributed by atoms with Crippen LogP contribution in [0.1, 0.15) is 40.0 Å². The molecule has 0 aromatic carbocycles. The Morgan fingerprint density at radius 3 is 2.65 bits per heavy atom. The molecule has 1 atom stereocenters. The summed E-state index contributed by atoms with van der Waals surface area (Å²) in [6.45, 7) is 9.61. The SMILES string of the molecule is C=CCC(=O)C1CCCN1C(=O)OC(C)(C)C. The molecule has 0 N–H and O–H groups in total. The highest BCUT2D eigenvalue weighted by Gasteiger charge is 2.35. The lowest BCUT2D eigenvalue weighted by Crippen LogP contribution is -2.43. The third kappa shape index (κ3) is 3.88. The molecule has 4 heteroatoms. The summed E-state index contributed by atoms with van der Waals surface area (Å²) in [4.78, 5) is 25.2. The van der Waals surface area contributed by atoms with E-state index in [9.17, 15) is 9.59 Å². The zero-order chi connectivity index (χ0) is 13.1. The Labute approximate surface area is 103 Å². The van der Waals surface area contributed by atoms with Crippen molar-refractivity contribution in [2.24, 2.45) is 0 Å². The number of amides is 1. The van der Waals surface area contributed by atoms with Gasteiger partial charge in [-0.15, -0.1) is 6.58 Å². The number of Topliss-reactive ketones (excluding diaryl/α,β-unsaturated/α-hetero) is 1. The predicted molar refractivity (Wildman–Crippen MR) is 65.8 cm³/mol. The zero-order valence-corrected chi connectivity index (χ0v) is 10.9. The van der Waals surface area contributed by atoms with Crippen LogP contribution in [-0.4, -0.2) is 35.0 Å². The molecule has 0 aromatic rings. The van der Waals surface area contributed by atoms with Crippen molar-refractivity contribution in [3.05, 3.63) is 12.7 Å². The van der Waals surface area contributed by atoms with Crippen molar-refractivity contribution < 1.29 is 14.3 Å². The van der Waals surface area contributed by atoms with Gasteiger partial charge in [-0.2, -0.15) is 0 Å². The van der Waals surface area contributed by atoms with Gasteiger partial charge in [0.2, 0.25) is 0 Å². The fourth-order valence-corrected chi connectivity index (χ4v) is 1.92. The minimum Gasteiger partial charge on any atom is -0.444 e. The van der Waals surface area contributed by atoms with E-state index in [0.29, 0.717) is 13.0 Å². The van der Waals surface area contributed by atoms with E-state index < -0.39 is 11.7 Å². The van der Waals surface area contributed by atoms with E-state index in [-0.39, 0.29) is 11.8 Å². The van der Waals surface area contributed by atoms with Crippen LogP contribution < -0.4 is 0 Å². The lowest BCUT2D eigenvalue weighted by atomic mass is 10.1. The van der Waals surface area contributed by atoms with Gasteiger partial charge in [-0.05, 0) is 33.6 Å². The van der Waals surface area contributed by atoms with E-state index in [1.165, 1.54) is 4.90 Å². The molecule has 0 aliphatic carbocycles. The molecule has 1 fully saturated rings. The number of hydrogen-bond donors (Lipinski definition) is 0. The maximum absolute atomic E-state index is 11.9. The summed E-state index contributed by atoms with van der Waals surface area (Å²) < 4.78 is 5.29. The Morgan fingerprint density at radius 1 is 1.47 bits per heavy atom. The van der Waals surface area contributed by atoms with Crippen LogP contribution in [0.2, 0.25) is 0 Å². The quantitative estimate of drug-likeness (QED) is 0.711. The Bertz CT molecular complexity index is 317. The summed E-state index contributed by atoms with van der Waals surface area (Å²) in [6, 6.07) is -0.331. The summed E-state index contributed by atoms with van der Waals surface area (Å²) in [5, 5.41) is 0. The van der Waals surface area contributed by atoms with Crippen molar-refractivity contribution in [1.29, 1.82) is 0 Å². The number of likely N-dealkylation sites (tertiary alicyclic amines) is 1. The first-order valence-electron chi connectivity index (χ1n) is 5.98. The van der Waals surface area contributed by atoms with Crippen molar-refractivity contribution in [3.8, 4) is 0 Å². The number of rotatable bonds is 3. The molecule has 1 heterocycles. The number of carbonyl (C=O) groups excluding carboxylic acids is 2. The molecule has 0 aromatic heterocycles. The third-order valence-corrected chi connectivity index (χ3v) is 2.60. The number of nitrogens with zero attached hydrogens (tertiary/aromatic N) is 1. The van der Waals surface area contributed by atoms with E-state index in [2.05, 4.69) is 6.58 Å². The molecule has 1 aliphatic heterocycles. The Balaban J connectivity index is 2.66. The van der Waals surface area contributed by atoms with Crippen LogP contribution in [0.15, 0.2) is 12.7 Å². The van der Waals surface area contributed by atoms with Gasteiger partial charge in [-0.25, -0.2) is 4.79 Å². The normalized spacial score (nSPS) is 20.2. The van der Waals surface area contributed by atoms with E-state index in [0.717, 1.165) is 12.8 Å². The highest BCUT2D eigenvalue weighted by atomic mass is 16.6. The van der Waals surface area contributed by atoms with Crippen LogP contribution in [0.3, 0.4) is 0 Å². The molecule has 17 heavy (non-hydrogen) atoms. The largest absolute Gasteiger partial charge is 0.444 e. The molecule has 1 rings (SSSR count). The van der Waals surface area contributed by atoms with Gasteiger partial charge in [0.05, 0.1) is 6.04 Å². The lowest BCUT2D eigenvalue weighted by Gasteiger charge is -2.27. The van der Waals surface area contributed by atoms with Crippen LogP contribution in [0.4, 0.5) is 4.79 Å². The van der Waals surface area contributed by atoms with Gasteiger partial charge in [-0.3, -0.25) is 9.69 Å². The number of carbonyl (C=O) groups is 2. The van der Waals surface area contributed by atoms with E-state index in [1.54, 1.807) is 6.08 Å². The minimum atomic E-state index is -0.522. The maximum Gasteiger partial charge on any atom is 0.410 e. The average Bonchev–Trinajstić information content (AvgIpc) is 2.63. The zero-order valence-electron chi connectivity index (χ0n) is 10.9. The highest BCUT2D eigenvalue weighted by Crippen LogP contribution is 2.22. The van der Waals surface area contributed by atoms with Crippen molar-refractivity contribution in [1.82, 2.24) is 4.90 Å². The van der Waals surface area contributed by atoms with Crippen LogP contribution in [0.25, 0.3) is 0 Å². The molecule has 0 spiro atoms. The van der Waals surface area contributed by atoms with Gasteiger partial charge in [-0.1, -0.05) is 6.08 Å². The molecule has 96 valence electrons. The Hall–Kier alpha value is -1.32. The predicted octanol–water partition coefficient (Wildman–Crippen LogP) is 2.53. The summed E-state index contributed by atoms with van der Waals surface area (Å²) in [7, 11) is 0. The monoisotopic (exact) mass is 239 g/mol. The molecule has 0 saturated carbocycles. The first kappa shape index (κ1) is 13.7. The van der Waals surface area contributed by atoms with Gasteiger partial charge in [0.1, 0.15) is 5.60 Å². The Kier molecular flexibility index (Phi) is 4.32. The second-order valence-electron chi connectivity index (χ2n) is 5.29. The van der Waals surface area contributed by atoms with Gasteiger partial charge in [0.15, 0.2) is 5.78 Å². The van der Waals surface area contributed by atoms with E-state index in [4.69, 9.17) is 4.74 Å². The molecule has 1 unspecified atom stereocenters. The fourth-order valence-electron chi connectivity index (χ4n) is 1.92. The second kappa shape index (κ2) is 5.34. The smallest absolute Gasteiger partial charge is 0.410 e. The van der Waals surface area contributed by atoms with Crippen molar-refractivity contribution in [3.63, 3.8) is 0 Å². The molecule has 0 bridgehead atoms. The standard InChI is InChI=1S/C13H21NO3/c1-5-7-11(15)10-8-6-9-14(10)12(16)17-13(2,3)4/h5,10H,1,6-9H2,2-4H3. The average molecular weight is 239 g/mol. The molecule has 1 amide bonds. The van der Waals surface area contributed by atoms with Gasteiger partial charge in [0.25, 0.3) is 0 Å². The minimum absolute atomic E-state index is 0.0448. The molecular formula is C13H21NO3. The number of hydrogen-bond acceptors (Lipinski definition) is 3. The third-order valence-electron chi connectivity index (χ3n) is 2.60. The van der Waals surface area contributed by atoms with E-state index >= 15 is 0 Å². The van der Waals surface area contributed by atoms with Crippen molar-refractivity contribution in [2.75, 3.05) is 6.54 Å². The topological polar surface area (TPSA) is 46.6 Å². The summed E-state index contributed by atoms with van der Waals surface area (Å²) in [5.74, 6) is 0.0448. The number of ether oxygens (including phenoxy) is 1. The summed E-state index contributed by atoms with van der Waals surface area (Å²) >= 11 is 0. The molecule has 1 aliphatic rings. The maximum atomic E-state index is 11.9. The first-order valence-corrected chi connectivity index (χ1v) is 5.98. The van der Waals surface area contributed by atoms with Gasteiger partial charge >= 0.3 is 6.09 Å². The lowest BCUT2D eigenvalue weighted by molar-refractivity contribution is -0.122. The highest BCUT2D eigenvalue weighted by molar-refractivity contribution is 5.88. The molecule has 4 nitrogen and oxygen atoms in total. The number of allylic oxidation sites excluding steroid dienone is 1. The molecular weight excluding hydrogens is 218 g/mol. The van der Waals surface area contributed by atoms with Crippen LogP contribution in [0.5, 0.6) is 0 Å². The number of ketones is 1. The van der Waals surface area contributed by atoms with Crippen molar-refractivity contribution >= 4 is 11.9 Å². The van der Waals surface area contributed by atoms with Gasteiger partial charge in [0, 0.05) is 13.0 Å². The molecule has 0 radical (unpaired) electrons. The summed E-state index contributed by atoms with van der Waals surface area (Å²) in [6.07, 6.45) is 3.08. The molecule has 1 saturated heterocycles. The fraction of sp³-hybridized carbons (Fsp3) is 0.692. The van der Waals surface area contributed by atoms with Crippen LogP contribution in [0, 0.1) is 0 Å². The van der Waals surface area contributed by atoms with Gasteiger partial charge < -0.3 is 4.74 Å².